The van der Waals surface area contributed by atoms with Crippen LogP contribution in [0.4, 0.5) is 0 Å². The molecule has 88 valence electrons. The van der Waals surface area contributed by atoms with Crippen molar-refractivity contribution in [1.82, 2.24) is 0 Å². The number of hydrogen-bond acceptors (Lipinski definition) is 4. The van der Waals surface area contributed by atoms with Gasteiger partial charge in [-0.15, -0.1) is 0 Å². The quantitative estimate of drug-likeness (QED) is 0.321. The van der Waals surface area contributed by atoms with E-state index in [1.807, 2.05) is 48.0 Å². The lowest BCUT2D eigenvalue weighted by Crippen LogP contribution is -2.34. The van der Waals surface area contributed by atoms with Gasteiger partial charge in [-0.2, -0.15) is 4.57 Å². The first-order valence-corrected chi connectivity index (χ1v) is 4.70. The van der Waals surface area contributed by atoms with Gasteiger partial charge < -0.3 is 15.3 Å². The van der Waals surface area contributed by atoms with Crippen LogP contribution in [0.25, 0.3) is 10.9 Å². The number of aromatic nitrogens is 1. The summed E-state index contributed by atoms with van der Waals surface area (Å²) in [4.78, 5) is 18.9. The zero-order valence-electron chi connectivity index (χ0n) is 9.07. The van der Waals surface area contributed by atoms with Gasteiger partial charge in [0.1, 0.15) is 7.05 Å². The fraction of sp³-hybridized carbons (Fsp3) is 0.0909. The Kier molecular flexibility index (Phi) is 4.10. The molecule has 6 heteroatoms. The van der Waals surface area contributed by atoms with E-state index in [4.69, 9.17) is 15.3 Å². The second-order valence-corrected chi connectivity index (χ2v) is 3.22. The highest BCUT2D eigenvalue weighted by Crippen LogP contribution is 2.08. The number of aldehydes is 1. The van der Waals surface area contributed by atoms with Crippen molar-refractivity contribution in [3.63, 3.8) is 0 Å². The van der Waals surface area contributed by atoms with Gasteiger partial charge >= 0.3 is 0 Å². The Balaban J connectivity index is 0.000000317. The minimum Gasteiger partial charge on any atom is -0.356 e. The molecule has 1 aromatic heterocycles. The van der Waals surface area contributed by atoms with Crippen LogP contribution in [-0.2, 0) is 7.05 Å². The van der Waals surface area contributed by atoms with Gasteiger partial charge in [-0.3, -0.25) is 4.79 Å². The molecular weight excluding hydrogens is 224 g/mol. The van der Waals surface area contributed by atoms with Crippen LogP contribution in [0.1, 0.15) is 10.5 Å². The van der Waals surface area contributed by atoms with Crippen LogP contribution >= 0.6 is 0 Å². The van der Waals surface area contributed by atoms with Crippen molar-refractivity contribution in [2.45, 2.75) is 0 Å². The van der Waals surface area contributed by atoms with E-state index in [9.17, 15) is 4.79 Å². The Morgan fingerprint density at radius 1 is 1.18 bits per heavy atom. The molecule has 1 heterocycles. The van der Waals surface area contributed by atoms with Gasteiger partial charge in [-0.25, -0.2) is 0 Å². The highest BCUT2D eigenvalue weighted by Gasteiger charge is 2.08. The summed E-state index contributed by atoms with van der Waals surface area (Å²) in [6, 6.07) is 11.8. The van der Waals surface area contributed by atoms with E-state index in [-0.39, 0.29) is 0 Å². The maximum Gasteiger partial charge on any atom is 0.245 e. The molecule has 2 rings (SSSR count). The van der Waals surface area contributed by atoms with Crippen molar-refractivity contribution in [2.75, 3.05) is 0 Å². The number of aryl methyl sites for hydroxylation is 1. The number of benzene rings is 1. The lowest BCUT2D eigenvalue weighted by atomic mass is 10.2. The molecule has 0 unspecified atom stereocenters. The van der Waals surface area contributed by atoms with Crippen molar-refractivity contribution in [3.05, 3.63) is 57.4 Å². The number of rotatable bonds is 1. The molecule has 0 fully saturated rings. The largest absolute Gasteiger partial charge is 0.356 e. The first-order chi connectivity index (χ1) is 8.06. The summed E-state index contributed by atoms with van der Waals surface area (Å²) in [5, 5.41) is 15.9. The van der Waals surface area contributed by atoms with Crippen molar-refractivity contribution >= 4 is 17.2 Å². The Bertz CT molecular complexity index is 550. The number of carbonyl (C=O) groups is 1. The van der Waals surface area contributed by atoms with Gasteiger partial charge in [-0.1, -0.05) is 12.1 Å². The molecule has 0 atom stereocenters. The molecule has 17 heavy (non-hydrogen) atoms. The van der Waals surface area contributed by atoms with Gasteiger partial charge in [0.05, 0.1) is 5.09 Å². The molecule has 0 aliphatic heterocycles. The van der Waals surface area contributed by atoms with Crippen LogP contribution < -0.4 is 4.57 Å². The smallest absolute Gasteiger partial charge is 0.245 e. The number of pyridine rings is 1. The van der Waals surface area contributed by atoms with E-state index < -0.39 is 5.09 Å². The molecule has 0 saturated heterocycles. The van der Waals surface area contributed by atoms with Crippen molar-refractivity contribution < 1.29 is 14.4 Å². The Labute approximate surface area is 96.8 Å². The SMILES string of the molecule is C[n+]1c(C=O)ccc2ccccc21.O=[N+]([O-])[O-]. The lowest BCUT2D eigenvalue weighted by Gasteiger charge is -1.97. The third-order valence-electron chi connectivity index (χ3n) is 2.24. The summed E-state index contributed by atoms with van der Waals surface area (Å²) in [5.41, 5.74) is 1.77. The number of para-hydroxylation sites is 1. The second kappa shape index (κ2) is 5.55. The first-order valence-electron chi connectivity index (χ1n) is 4.70. The summed E-state index contributed by atoms with van der Waals surface area (Å²) in [6.45, 7) is 0. The molecule has 2 aromatic rings. The first kappa shape index (κ1) is 12.6. The van der Waals surface area contributed by atoms with Gasteiger partial charge in [0.15, 0.2) is 0 Å². The molecule has 0 bridgehead atoms. The fourth-order valence-corrected chi connectivity index (χ4v) is 1.48. The molecule has 0 saturated carbocycles. The zero-order chi connectivity index (χ0) is 12.8. The summed E-state index contributed by atoms with van der Waals surface area (Å²) in [5.74, 6) is 0. The van der Waals surface area contributed by atoms with E-state index in [2.05, 4.69) is 0 Å². The van der Waals surface area contributed by atoms with Crippen LogP contribution in [0.15, 0.2) is 36.4 Å². The molecule has 0 aliphatic rings. The Morgan fingerprint density at radius 2 is 1.76 bits per heavy atom. The van der Waals surface area contributed by atoms with Gasteiger partial charge in [0.2, 0.25) is 17.5 Å². The van der Waals surface area contributed by atoms with E-state index >= 15 is 0 Å². The van der Waals surface area contributed by atoms with Crippen LogP contribution in [0, 0.1) is 15.3 Å². The lowest BCUT2D eigenvalue weighted by molar-refractivity contribution is -0.646. The monoisotopic (exact) mass is 234 g/mol. The number of hydrogen-bond donors (Lipinski definition) is 0. The van der Waals surface area contributed by atoms with Crippen LogP contribution in [-0.4, -0.2) is 11.4 Å². The van der Waals surface area contributed by atoms with E-state index in [0.717, 1.165) is 17.2 Å². The fourth-order valence-electron chi connectivity index (χ4n) is 1.48. The summed E-state index contributed by atoms with van der Waals surface area (Å²) in [7, 11) is 1.89. The maximum atomic E-state index is 10.7. The van der Waals surface area contributed by atoms with Gasteiger partial charge in [0, 0.05) is 17.5 Å². The predicted octanol–water partition coefficient (Wildman–Crippen LogP) is 1.24. The highest BCUT2D eigenvalue weighted by molar-refractivity contribution is 5.79. The molecular formula is C11H10N2O4. The van der Waals surface area contributed by atoms with Crippen molar-refractivity contribution in [2.24, 2.45) is 7.05 Å². The second-order valence-electron chi connectivity index (χ2n) is 3.22. The number of fused-ring (bicyclic) bond motifs is 1. The van der Waals surface area contributed by atoms with Crippen LogP contribution in [0.3, 0.4) is 0 Å². The molecule has 0 amide bonds. The van der Waals surface area contributed by atoms with Crippen molar-refractivity contribution in [3.8, 4) is 0 Å². The number of nitrogens with zero attached hydrogens (tertiary/aromatic N) is 2. The molecule has 0 radical (unpaired) electrons. The third-order valence-corrected chi connectivity index (χ3v) is 2.24. The molecule has 1 aromatic carbocycles. The van der Waals surface area contributed by atoms with Crippen molar-refractivity contribution in [1.29, 1.82) is 0 Å². The normalized spacial score (nSPS) is 9.24. The predicted molar refractivity (Wildman–Crippen MR) is 60.9 cm³/mol. The topological polar surface area (TPSA) is 87.1 Å². The average molecular weight is 234 g/mol. The molecule has 0 N–H and O–H groups in total. The summed E-state index contributed by atoms with van der Waals surface area (Å²) < 4.78 is 1.89. The average Bonchev–Trinajstić information content (AvgIpc) is 2.29. The molecule has 0 spiro atoms. The third kappa shape index (κ3) is 3.23. The zero-order valence-corrected chi connectivity index (χ0v) is 9.07. The van der Waals surface area contributed by atoms with Gasteiger partial charge in [-0.05, 0) is 12.1 Å². The van der Waals surface area contributed by atoms with E-state index in [0.29, 0.717) is 5.69 Å². The summed E-state index contributed by atoms with van der Waals surface area (Å²) >= 11 is 0. The standard InChI is InChI=1S/C11H10NO.NO3/c1-12-10(8-13)7-6-9-4-2-3-5-11(9)12;2-1(3)4/h2-8H,1H3;/q+1;-1. The maximum absolute atomic E-state index is 10.7. The minimum absolute atomic E-state index is 0.693. The van der Waals surface area contributed by atoms with E-state index in [1.54, 1.807) is 0 Å². The Morgan fingerprint density at radius 3 is 2.35 bits per heavy atom. The minimum atomic E-state index is -1.75. The summed E-state index contributed by atoms with van der Waals surface area (Å²) in [6.07, 6.45) is 0.867. The van der Waals surface area contributed by atoms with Crippen LogP contribution in [0.5, 0.6) is 0 Å². The Hall–Kier alpha value is -2.50. The number of carbonyl (C=O) groups excluding carboxylic acids is 1. The highest BCUT2D eigenvalue weighted by atomic mass is 16.9. The van der Waals surface area contributed by atoms with Crippen LogP contribution in [0.2, 0.25) is 0 Å². The molecule has 0 aliphatic carbocycles. The molecule has 6 nitrogen and oxygen atoms in total. The van der Waals surface area contributed by atoms with Gasteiger partial charge in [0.25, 0.3) is 0 Å². The van der Waals surface area contributed by atoms with E-state index in [1.165, 1.54) is 0 Å².